The zero-order valence-electron chi connectivity index (χ0n) is 10.8. The number of hydrogen-bond donors (Lipinski definition) is 2. The molecule has 4 nitrogen and oxygen atoms in total. The maximum Gasteiger partial charge on any atom is 0.270 e. The minimum atomic E-state index is -0.269. The van der Waals surface area contributed by atoms with E-state index in [0.29, 0.717) is 35.7 Å². The Balaban J connectivity index is 1.99. The lowest BCUT2D eigenvalue weighted by molar-refractivity contribution is 0.0946. The molecule has 0 bridgehead atoms. The zero-order valence-corrected chi connectivity index (χ0v) is 11.6. The Morgan fingerprint density at radius 3 is 2.95 bits per heavy atom. The number of carbonyl (C=O) groups excluding carboxylic acids is 1. The molecular weight excluding hydrogens is 279 g/mol. The van der Waals surface area contributed by atoms with Crippen LogP contribution >= 0.6 is 11.3 Å². The van der Waals surface area contributed by atoms with Gasteiger partial charge in [-0.05, 0) is 18.1 Å². The second-order valence-electron chi connectivity index (χ2n) is 4.23. The molecule has 1 aromatic heterocycles. The van der Waals surface area contributed by atoms with Crippen molar-refractivity contribution in [2.75, 3.05) is 13.2 Å². The number of aliphatic hydroxyl groups excluding tert-OH is 1. The molecule has 0 spiro atoms. The summed E-state index contributed by atoms with van der Waals surface area (Å²) in [6.07, 6.45) is 0.888. The standard InChI is InChI=1S/C14H15FN2O2S/c15-11-5-2-1-4-10(11)8-13-17-12(9-20-13)14(19)16-6-3-7-18/h1-2,4-5,9,18H,3,6-8H2,(H,16,19). The van der Waals surface area contributed by atoms with Crippen LogP contribution in [0.2, 0.25) is 0 Å². The van der Waals surface area contributed by atoms with Crippen LogP contribution < -0.4 is 5.32 Å². The Kier molecular flexibility index (Phi) is 5.20. The van der Waals surface area contributed by atoms with E-state index in [1.165, 1.54) is 17.4 Å². The van der Waals surface area contributed by atoms with E-state index in [1.807, 2.05) is 0 Å². The minimum absolute atomic E-state index is 0.0376. The second kappa shape index (κ2) is 7.12. The third-order valence-corrected chi connectivity index (χ3v) is 3.55. The van der Waals surface area contributed by atoms with Crippen LogP contribution in [0.4, 0.5) is 4.39 Å². The van der Waals surface area contributed by atoms with E-state index in [0.717, 1.165) is 0 Å². The number of halogens is 1. The van der Waals surface area contributed by atoms with Crippen LogP contribution in [0.3, 0.4) is 0 Å². The predicted molar refractivity (Wildman–Crippen MR) is 75.4 cm³/mol. The quantitative estimate of drug-likeness (QED) is 0.801. The Morgan fingerprint density at radius 2 is 2.20 bits per heavy atom. The van der Waals surface area contributed by atoms with Crippen molar-refractivity contribution in [1.82, 2.24) is 10.3 Å². The third-order valence-electron chi connectivity index (χ3n) is 2.70. The van der Waals surface area contributed by atoms with Crippen LogP contribution in [-0.2, 0) is 6.42 Å². The second-order valence-corrected chi connectivity index (χ2v) is 5.17. The number of thiazole rings is 1. The smallest absolute Gasteiger partial charge is 0.270 e. The van der Waals surface area contributed by atoms with E-state index in [2.05, 4.69) is 10.3 Å². The molecule has 106 valence electrons. The summed E-state index contributed by atoms with van der Waals surface area (Å²) in [5, 5.41) is 13.7. The topological polar surface area (TPSA) is 62.2 Å². The van der Waals surface area contributed by atoms with E-state index in [-0.39, 0.29) is 18.3 Å². The van der Waals surface area contributed by atoms with Crippen LogP contribution in [0.5, 0.6) is 0 Å². The Morgan fingerprint density at radius 1 is 1.40 bits per heavy atom. The van der Waals surface area contributed by atoms with Crippen molar-refractivity contribution in [2.45, 2.75) is 12.8 Å². The lowest BCUT2D eigenvalue weighted by Crippen LogP contribution is -2.25. The fourth-order valence-electron chi connectivity index (χ4n) is 1.67. The molecule has 1 amide bonds. The average molecular weight is 294 g/mol. The Bertz CT molecular complexity index is 586. The molecule has 0 unspecified atom stereocenters. The molecule has 0 radical (unpaired) electrons. The molecule has 1 heterocycles. The zero-order chi connectivity index (χ0) is 14.4. The third kappa shape index (κ3) is 3.85. The SMILES string of the molecule is O=C(NCCCO)c1csc(Cc2ccccc2F)n1. The van der Waals surface area contributed by atoms with Crippen molar-refractivity contribution in [1.29, 1.82) is 0 Å². The first-order chi connectivity index (χ1) is 9.70. The van der Waals surface area contributed by atoms with E-state index < -0.39 is 0 Å². The molecule has 20 heavy (non-hydrogen) atoms. The van der Waals surface area contributed by atoms with Crippen LogP contribution in [0.25, 0.3) is 0 Å². The van der Waals surface area contributed by atoms with Gasteiger partial charge in [0.15, 0.2) is 0 Å². The molecule has 2 rings (SSSR count). The lowest BCUT2D eigenvalue weighted by atomic mass is 10.1. The molecule has 1 aromatic carbocycles. The summed E-state index contributed by atoms with van der Waals surface area (Å²) >= 11 is 1.33. The molecule has 0 atom stereocenters. The number of benzene rings is 1. The summed E-state index contributed by atoms with van der Waals surface area (Å²) in [5.74, 6) is -0.536. The molecule has 0 saturated heterocycles. The van der Waals surface area contributed by atoms with Gasteiger partial charge >= 0.3 is 0 Å². The largest absolute Gasteiger partial charge is 0.396 e. The summed E-state index contributed by atoms with van der Waals surface area (Å²) < 4.78 is 13.5. The van der Waals surface area contributed by atoms with Crippen molar-refractivity contribution in [2.24, 2.45) is 0 Å². The number of nitrogens with zero attached hydrogens (tertiary/aromatic N) is 1. The van der Waals surface area contributed by atoms with Crippen molar-refractivity contribution in [3.05, 3.63) is 51.7 Å². The average Bonchev–Trinajstić information content (AvgIpc) is 2.90. The summed E-state index contributed by atoms with van der Waals surface area (Å²) in [5.41, 5.74) is 0.897. The van der Waals surface area contributed by atoms with Crippen molar-refractivity contribution in [3.63, 3.8) is 0 Å². The molecule has 2 N–H and O–H groups in total. The van der Waals surface area contributed by atoms with Crippen LogP contribution in [0.1, 0.15) is 27.5 Å². The normalized spacial score (nSPS) is 10.5. The number of nitrogens with one attached hydrogen (secondary N) is 1. The van der Waals surface area contributed by atoms with E-state index in [9.17, 15) is 9.18 Å². The monoisotopic (exact) mass is 294 g/mol. The number of aliphatic hydroxyl groups is 1. The van der Waals surface area contributed by atoms with Gasteiger partial charge in [0.1, 0.15) is 11.5 Å². The van der Waals surface area contributed by atoms with Crippen molar-refractivity contribution in [3.8, 4) is 0 Å². The molecule has 0 fully saturated rings. The number of carbonyl (C=O) groups is 1. The van der Waals surface area contributed by atoms with Crippen molar-refractivity contribution < 1.29 is 14.3 Å². The van der Waals surface area contributed by atoms with E-state index in [4.69, 9.17) is 5.11 Å². The van der Waals surface area contributed by atoms with Gasteiger partial charge in [0.25, 0.3) is 5.91 Å². The number of aromatic nitrogens is 1. The number of hydrogen-bond acceptors (Lipinski definition) is 4. The first-order valence-electron chi connectivity index (χ1n) is 6.27. The van der Waals surface area contributed by atoms with Gasteiger partial charge in [-0.1, -0.05) is 18.2 Å². The minimum Gasteiger partial charge on any atom is -0.396 e. The summed E-state index contributed by atoms with van der Waals surface area (Å²) in [6.45, 7) is 0.450. The molecule has 0 aliphatic heterocycles. The Hall–Kier alpha value is -1.79. The molecular formula is C14H15FN2O2S. The summed E-state index contributed by atoms with van der Waals surface area (Å²) in [6, 6.07) is 6.53. The van der Waals surface area contributed by atoms with Gasteiger partial charge in [0, 0.05) is 25.0 Å². The predicted octanol–water partition coefficient (Wildman–Crippen LogP) is 1.99. The highest BCUT2D eigenvalue weighted by Gasteiger charge is 2.11. The molecule has 0 aliphatic rings. The first kappa shape index (κ1) is 14.6. The molecule has 6 heteroatoms. The fourth-order valence-corrected chi connectivity index (χ4v) is 2.47. The maximum atomic E-state index is 13.5. The van der Waals surface area contributed by atoms with E-state index >= 15 is 0 Å². The first-order valence-corrected chi connectivity index (χ1v) is 7.15. The summed E-state index contributed by atoms with van der Waals surface area (Å²) in [7, 11) is 0. The van der Waals surface area contributed by atoms with Crippen molar-refractivity contribution >= 4 is 17.2 Å². The van der Waals surface area contributed by atoms with Gasteiger partial charge in [-0.3, -0.25) is 4.79 Å². The van der Waals surface area contributed by atoms with Gasteiger partial charge in [0.05, 0.1) is 5.01 Å². The molecule has 0 saturated carbocycles. The van der Waals surface area contributed by atoms with Gasteiger partial charge in [-0.2, -0.15) is 0 Å². The van der Waals surface area contributed by atoms with Gasteiger partial charge < -0.3 is 10.4 Å². The van der Waals surface area contributed by atoms with Crippen LogP contribution in [-0.4, -0.2) is 29.1 Å². The lowest BCUT2D eigenvalue weighted by Gasteiger charge is -2.01. The molecule has 0 aliphatic carbocycles. The molecule has 2 aromatic rings. The highest BCUT2D eigenvalue weighted by molar-refractivity contribution is 7.09. The highest BCUT2D eigenvalue weighted by atomic mass is 32.1. The Labute approximate surface area is 120 Å². The fraction of sp³-hybridized carbons (Fsp3) is 0.286. The number of amides is 1. The summed E-state index contributed by atoms with van der Waals surface area (Å²) in [4.78, 5) is 15.9. The van der Waals surface area contributed by atoms with E-state index in [1.54, 1.807) is 23.6 Å². The maximum absolute atomic E-state index is 13.5. The van der Waals surface area contributed by atoms with Gasteiger partial charge in [-0.25, -0.2) is 9.37 Å². The van der Waals surface area contributed by atoms with Crippen LogP contribution in [0, 0.1) is 5.82 Å². The number of rotatable bonds is 6. The van der Waals surface area contributed by atoms with Gasteiger partial charge in [0.2, 0.25) is 0 Å². The van der Waals surface area contributed by atoms with Gasteiger partial charge in [-0.15, -0.1) is 11.3 Å². The highest BCUT2D eigenvalue weighted by Crippen LogP contribution is 2.16. The van der Waals surface area contributed by atoms with Crippen LogP contribution in [0.15, 0.2) is 29.6 Å².